The molecule has 0 aromatic heterocycles. The third kappa shape index (κ3) is 5.82. The van der Waals surface area contributed by atoms with Crippen LogP contribution >= 0.6 is 37.2 Å². The van der Waals surface area contributed by atoms with E-state index in [1.807, 2.05) is 0 Å². The van der Waals surface area contributed by atoms with Gasteiger partial charge >= 0.3 is 52.9 Å². The van der Waals surface area contributed by atoms with Gasteiger partial charge < -0.3 is 0 Å². The molecule has 0 aromatic carbocycles. The van der Waals surface area contributed by atoms with Crippen molar-refractivity contribution in [2.24, 2.45) is 0 Å². The van der Waals surface area contributed by atoms with Crippen molar-refractivity contribution in [3.63, 3.8) is 0 Å². The average Bonchev–Trinajstić information content (AvgIpc) is 2.14. The Bertz CT molecular complexity index is 120. The topological polar surface area (TPSA) is 0 Å². The van der Waals surface area contributed by atoms with Crippen LogP contribution in [-0.2, 0) is 19.2 Å². The van der Waals surface area contributed by atoms with E-state index in [4.69, 9.17) is 0 Å². The monoisotopic (exact) mass is 236 g/mol. The fourth-order valence-corrected chi connectivity index (χ4v) is 1.55. The predicted octanol–water partition coefficient (Wildman–Crippen LogP) is 3.23. The summed E-state index contributed by atoms with van der Waals surface area (Å²) in [4.78, 5) is 0. The Balaban J connectivity index is -0.000000163. The van der Waals surface area contributed by atoms with Crippen molar-refractivity contribution in [3.05, 3.63) is 22.1 Å². The van der Waals surface area contributed by atoms with E-state index in [9.17, 15) is 0 Å². The summed E-state index contributed by atoms with van der Waals surface area (Å²) in [5, 5.41) is 2.32. The molecule has 4 heteroatoms. The molecule has 0 saturated heterocycles. The number of allylic oxidation sites excluding steroid dienone is 4. The minimum absolute atomic E-state index is 0. The Morgan fingerprint density at radius 3 is 2.10 bits per heavy atom. The third-order valence-electron chi connectivity index (χ3n) is 1.09. The van der Waals surface area contributed by atoms with Gasteiger partial charge in [0.25, 0.3) is 0 Å². The Morgan fingerprint density at radius 2 is 1.90 bits per heavy atom. The van der Waals surface area contributed by atoms with E-state index in [1.54, 1.807) is 3.88 Å². The molecule has 0 aromatic rings. The van der Waals surface area contributed by atoms with Crippen LogP contribution in [0.3, 0.4) is 0 Å². The van der Waals surface area contributed by atoms with Crippen molar-refractivity contribution in [1.29, 1.82) is 0 Å². The number of hydrogen-bond acceptors (Lipinski definition) is 0. The van der Waals surface area contributed by atoms with Crippen LogP contribution in [0.2, 0.25) is 5.23 Å². The first-order chi connectivity index (χ1) is 3.43. The van der Waals surface area contributed by atoms with Crippen molar-refractivity contribution < 1.29 is 19.2 Å². The zero-order chi connectivity index (χ0) is 5.11. The van der Waals surface area contributed by atoms with Crippen molar-refractivity contribution in [1.82, 2.24) is 0 Å². The fraction of sp³-hybridized carbons (Fsp3) is 0.333. The zero-order valence-corrected chi connectivity index (χ0v) is 9.67. The van der Waals surface area contributed by atoms with E-state index >= 15 is 0 Å². The van der Waals surface area contributed by atoms with Gasteiger partial charge in [0.1, 0.15) is 0 Å². The Morgan fingerprint density at radius 1 is 1.30 bits per heavy atom. The molecule has 0 aliphatic heterocycles. The molecule has 0 atom stereocenters. The van der Waals surface area contributed by atoms with Crippen molar-refractivity contribution in [2.75, 3.05) is 0 Å². The molecule has 0 heterocycles. The second kappa shape index (κ2) is 10.1. The van der Waals surface area contributed by atoms with Crippen LogP contribution in [0.5, 0.6) is 0 Å². The van der Waals surface area contributed by atoms with Gasteiger partial charge in [-0.2, -0.15) is 0 Å². The van der Waals surface area contributed by atoms with E-state index in [-0.39, 0.29) is 37.2 Å². The molecule has 0 fully saturated rings. The Labute approximate surface area is 89.7 Å². The Kier molecular flexibility index (Phi) is 17.3. The van der Waals surface area contributed by atoms with Gasteiger partial charge in [-0.05, 0) is 0 Å². The summed E-state index contributed by atoms with van der Waals surface area (Å²) in [6.07, 6.45) is 7.88. The van der Waals surface area contributed by atoms with E-state index in [0.717, 1.165) is 0 Å². The first-order valence-electron chi connectivity index (χ1n) is 2.47. The second-order valence-electron chi connectivity index (χ2n) is 1.57. The van der Waals surface area contributed by atoms with Gasteiger partial charge in [-0.15, -0.1) is 37.2 Å². The third-order valence-corrected chi connectivity index (χ3v) is 2.67. The van der Waals surface area contributed by atoms with Crippen LogP contribution in [0.4, 0.5) is 0 Å². The summed E-state index contributed by atoms with van der Waals surface area (Å²) in [5.41, 5.74) is 0. The van der Waals surface area contributed by atoms with Crippen LogP contribution in [-0.4, -0.2) is 0 Å². The zero-order valence-electron chi connectivity index (χ0n) is 5.66. The summed E-state index contributed by atoms with van der Waals surface area (Å²) >= 11 is 0.292. The van der Waals surface area contributed by atoms with Gasteiger partial charge in [0.05, 0.1) is 0 Å². The number of halogens is 3. The van der Waals surface area contributed by atoms with E-state index in [2.05, 4.69) is 23.5 Å². The van der Waals surface area contributed by atoms with E-state index in [1.165, 1.54) is 6.42 Å². The van der Waals surface area contributed by atoms with Crippen LogP contribution in [0.1, 0.15) is 6.42 Å². The van der Waals surface area contributed by atoms with Crippen LogP contribution in [0.15, 0.2) is 22.1 Å². The van der Waals surface area contributed by atoms with Crippen molar-refractivity contribution >= 4 is 37.2 Å². The molecule has 1 rings (SSSR count). The van der Waals surface area contributed by atoms with Crippen molar-refractivity contribution in [3.8, 4) is 0 Å². The molecule has 0 nitrogen and oxygen atoms in total. The molecule has 1 aliphatic rings. The summed E-state index contributed by atoms with van der Waals surface area (Å²) < 4.78 is 1.68. The number of hydrogen-bond donors (Lipinski definition) is 0. The minimum atomic E-state index is 0. The predicted molar refractivity (Wildman–Crippen MR) is 49.4 cm³/mol. The standard InChI is InChI=1S/C5H5.CH3.3ClH.Ti/c1-2-4-5-3-1;;;;;/h1-3H,4H2;1H3;3*1H;. The van der Waals surface area contributed by atoms with Gasteiger partial charge in [0.2, 0.25) is 0 Å². The fourth-order valence-electron chi connectivity index (χ4n) is 0.633. The first-order valence-corrected chi connectivity index (χ1v) is 4.81. The summed E-state index contributed by atoms with van der Waals surface area (Å²) in [7, 11) is 0. The van der Waals surface area contributed by atoms with Gasteiger partial charge in [-0.25, -0.2) is 0 Å². The SMILES string of the molecule is Cl.Cl.Cl.[CH3][Ti][C]1=CC=CC1. The van der Waals surface area contributed by atoms with Gasteiger partial charge in [0, 0.05) is 0 Å². The molecule has 0 saturated carbocycles. The first kappa shape index (κ1) is 17.2. The molecular formula is C6H11Cl3Ti. The molecule has 0 spiro atoms. The molecule has 0 N–H and O–H groups in total. The quantitative estimate of drug-likeness (QED) is 0.614. The number of rotatable bonds is 1. The van der Waals surface area contributed by atoms with E-state index in [0.29, 0.717) is 19.2 Å². The molecule has 0 bridgehead atoms. The van der Waals surface area contributed by atoms with Crippen LogP contribution < -0.4 is 0 Å². The summed E-state index contributed by atoms with van der Waals surface area (Å²) in [6.45, 7) is 0. The summed E-state index contributed by atoms with van der Waals surface area (Å²) in [5.74, 6) is 0. The van der Waals surface area contributed by atoms with Crippen LogP contribution in [0, 0.1) is 0 Å². The normalized spacial score (nSPS) is 11.9. The molecule has 1 aliphatic carbocycles. The molecule has 10 heavy (non-hydrogen) atoms. The molecule has 0 amide bonds. The second-order valence-corrected chi connectivity index (χ2v) is 3.36. The summed E-state index contributed by atoms with van der Waals surface area (Å²) in [6, 6.07) is 0. The van der Waals surface area contributed by atoms with Gasteiger partial charge in [0.15, 0.2) is 0 Å². The molecule has 60 valence electrons. The Hall–Kier alpha value is 1.06. The molecular weight excluding hydrogens is 226 g/mol. The van der Waals surface area contributed by atoms with Gasteiger partial charge in [-0.1, -0.05) is 0 Å². The van der Waals surface area contributed by atoms with Crippen molar-refractivity contribution in [2.45, 2.75) is 11.6 Å². The average molecular weight is 237 g/mol. The van der Waals surface area contributed by atoms with E-state index < -0.39 is 0 Å². The maximum absolute atomic E-state index is 2.32. The van der Waals surface area contributed by atoms with Gasteiger partial charge in [-0.3, -0.25) is 0 Å². The van der Waals surface area contributed by atoms with Crippen LogP contribution in [0.25, 0.3) is 0 Å². The molecule has 0 unspecified atom stereocenters. The maximum atomic E-state index is 2.32. The molecule has 0 radical (unpaired) electrons.